The largest absolute Gasteiger partial charge is 0.383 e. The second-order valence-corrected chi connectivity index (χ2v) is 9.11. The van der Waals surface area contributed by atoms with Crippen LogP contribution in [0, 0.1) is 3.70 Å². The molecule has 0 aliphatic heterocycles. The molecule has 10 heteroatoms. The van der Waals surface area contributed by atoms with Gasteiger partial charge in [-0.25, -0.2) is 14.4 Å². The molecule has 1 fully saturated rings. The van der Waals surface area contributed by atoms with E-state index in [1.165, 1.54) is 0 Å². The number of nitrogens with one attached hydrogen (secondary N) is 1. The molecule has 3 aromatic heterocycles. The van der Waals surface area contributed by atoms with Crippen LogP contribution in [0.25, 0.3) is 22.0 Å². The maximum atomic E-state index is 13.7. The fourth-order valence-corrected chi connectivity index (χ4v) is 4.72. The molecular weight excluding hydrogens is 563 g/mol. The number of nitrogens with zero attached hydrogens (tertiary/aromatic N) is 3. The number of aryl methyl sites for hydroxylation is 1. The molecule has 0 unspecified atom stereocenters. The summed E-state index contributed by atoms with van der Waals surface area (Å²) in [5.74, 6) is -0.0978. The topological polar surface area (TPSA) is 85.8 Å². The van der Waals surface area contributed by atoms with Crippen LogP contribution in [-0.4, -0.2) is 32.7 Å². The maximum absolute atomic E-state index is 13.7. The molecule has 3 aromatic rings. The van der Waals surface area contributed by atoms with Crippen LogP contribution in [0.15, 0.2) is 22.9 Å². The van der Waals surface area contributed by atoms with Crippen LogP contribution in [-0.2, 0) is 7.05 Å². The van der Waals surface area contributed by atoms with Crippen molar-refractivity contribution in [3.8, 4) is 11.1 Å². The second-order valence-electron chi connectivity index (χ2n) is 6.83. The lowest BCUT2D eigenvalue weighted by Gasteiger charge is -2.10. The third-order valence-corrected chi connectivity index (χ3v) is 6.96. The molecular formula is C18H15BrClFIN5O. The Labute approximate surface area is 187 Å². The summed E-state index contributed by atoms with van der Waals surface area (Å²) in [4.78, 5) is 20.8. The van der Waals surface area contributed by atoms with Gasteiger partial charge in [-0.15, -0.1) is 0 Å². The predicted octanol–water partition coefficient (Wildman–Crippen LogP) is 4.47. The highest BCUT2D eigenvalue weighted by molar-refractivity contribution is 14.1. The van der Waals surface area contributed by atoms with E-state index in [2.05, 4.69) is 53.8 Å². The van der Waals surface area contributed by atoms with Crippen molar-refractivity contribution in [2.45, 2.75) is 18.5 Å². The van der Waals surface area contributed by atoms with E-state index in [1.807, 2.05) is 11.6 Å². The van der Waals surface area contributed by atoms with Gasteiger partial charge in [-0.05, 0) is 57.4 Å². The lowest BCUT2D eigenvalue weighted by molar-refractivity contribution is 0.0933. The number of amides is 1. The number of anilines is 1. The van der Waals surface area contributed by atoms with Crippen LogP contribution in [0.1, 0.15) is 23.3 Å². The van der Waals surface area contributed by atoms with Crippen molar-refractivity contribution in [3.05, 3.63) is 37.3 Å². The van der Waals surface area contributed by atoms with E-state index in [1.54, 1.807) is 18.5 Å². The number of hydrogen-bond acceptors (Lipinski definition) is 4. The summed E-state index contributed by atoms with van der Waals surface area (Å²) in [7, 11) is 1.93. The van der Waals surface area contributed by atoms with Gasteiger partial charge in [0.25, 0.3) is 5.91 Å². The van der Waals surface area contributed by atoms with Crippen LogP contribution in [0.4, 0.5) is 10.2 Å². The van der Waals surface area contributed by atoms with Gasteiger partial charge in [0, 0.05) is 30.6 Å². The zero-order valence-corrected chi connectivity index (χ0v) is 19.2. The Morgan fingerprint density at radius 3 is 2.82 bits per heavy atom. The smallest absolute Gasteiger partial charge is 0.271 e. The summed E-state index contributed by atoms with van der Waals surface area (Å²) in [5, 5.41) is 3.53. The van der Waals surface area contributed by atoms with Crippen molar-refractivity contribution < 1.29 is 9.18 Å². The molecule has 1 aliphatic rings. The normalized spacial score (nSPS) is 15.0. The summed E-state index contributed by atoms with van der Waals surface area (Å²) in [6.45, 7) is -0.0248. The molecule has 3 N–H and O–H groups in total. The average Bonchev–Trinajstić information content (AvgIpc) is 3.33. The molecule has 0 bridgehead atoms. The Morgan fingerprint density at radius 1 is 1.46 bits per heavy atom. The van der Waals surface area contributed by atoms with E-state index in [0.29, 0.717) is 24.2 Å². The first-order chi connectivity index (χ1) is 13.2. The first-order valence-corrected chi connectivity index (χ1v) is 10.7. The van der Waals surface area contributed by atoms with E-state index in [4.69, 9.17) is 17.3 Å². The molecule has 6 nitrogen and oxygen atoms in total. The first kappa shape index (κ1) is 19.8. The molecule has 3 heterocycles. The monoisotopic (exact) mass is 577 g/mol. The summed E-state index contributed by atoms with van der Waals surface area (Å²) in [5.41, 5.74) is 7.39. The van der Waals surface area contributed by atoms with Crippen LogP contribution in [0.2, 0.25) is 5.02 Å². The quantitative estimate of drug-likeness (QED) is 0.448. The molecule has 1 amide bonds. The zero-order chi connectivity index (χ0) is 20.2. The maximum Gasteiger partial charge on any atom is 0.271 e. The lowest BCUT2D eigenvalue weighted by atomic mass is 10.1. The average molecular weight is 579 g/mol. The molecule has 0 radical (unpaired) electrons. The van der Waals surface area contributed by atoms with Crippen molar-refractivity contribution in [3.63, 3.8) is 0 Å². The highest BCUT2D eigenvalue weighted by atomic mass is 127. The Kier molecular flexibility index (Phi) is 5.03. The van der Waals surface area contributed by atoms with Crippen molar-refractivity contribution in [2.24, 2.45) is 7.05 Å². The van der Waals surface area contributed by atoms with E-state index >= 15 is 0 Å². The Balaban J connectivity index is 1.75. The highest BCUT2D eigenvalue weighted by Crippen LogP contribution is 2.41. The van der Waals surface area contributed by atoms with E-state index in [9.17, 15) is 9.18 Å². The number of halogens is 4. The minimum atomic E-state index is -1.28. The predicted molar refractivity (Wildman–Crippen MR) is 119 cm³/mol. The molecule has 0 aromatic carbocycles. The van der Waals surface area contributed by atoms with Crippen molar-refractivity contribution >= 4 is 72.7 Å². The number of pyridine rings is 2. The van der Waals surface area contributed by atoms with Crippen molar-refractivity contribution in [2.75, 3.05) is 12.3 Å². The highest BCUT2D eigenvalue weighted by Gasteiger charge is 2.43. The molecule has 4 rings (SSSR count). The van der Waals surface area contributed by atoms with Gasteiger partial charge in [-0.3, -0.25) is 4.79 Å². The third kappa shape index (κ3) is 3.37. The van der Waals surface area contributed by atoms with Crippen LogP contribution in [0.5, 0.6) is 0 Å². The molecule has 146 valence electrons. The van der Waals surface area contributed by atoms with Crippen LogP contribution in [0.3, 0.4) is 0 Å². The van der Waals surface area contributed by atoms with Crippen molar-refractivity contribution in [1.82, 2.24) is 19.9 Å². The minimum Gasteiger partial charge on any atom is -0.383 e. The second kappa shape index (κ2) is 7.10. The number of carbonyl (C=O) groups is 1. The summed E-state index contributed by atoms with van der Waals surface area (Å²) in [6, 6.07) is 1.67. The van der Waals surface area contributed by atoms with Gasteiger partial charge in [-0.2, -0.15) is 0 Å². The molecule has 0 atom stereocenters. The standard InChI is InChI=1S/C18H15BrClFIN5O/c1-27-14-9(19)6-25-16(23)12(14)11(15(27)22)8-4-10(20)13(24-5-8)17(28)26-7-18(21)2-3-18/h4-6H,2-3,7H2,1H3,(H2,23,25)(H,26,28). The number of alkyl halides is 1. The van der Waals surface area contributed by atoms with E-state index in [0.717, 1.165) is 24.6 Å². The number of rotatable bonds is 4. The SMILES string of the molecule is Cn1c(I)c(-c2cnc(C(=O)NCC3(F)CC3)c(Cl)c2)c2c(N)ncc(Br)c21. The number of hydrogen-bond donors (Lipinski definition) is 2. The number of nitrogen functional groups attached to an aromatic ring is 1. The van der Waals surface area contributed by atoms with Gasteiger partial charge < -0.3 is 15.6 Å². The summed E-state index contributed by atoms with van der Waals surface area (Å²) in [6.07, 6.45) is 4.17. The molecule has 0 saturated heterocycles. The van der Waals surface area contributed by atoms with Gasteiger partial charge in [0.1, 0.15) is 17.2 Å². The number of carbonyl (C=O) groups excluding carboxylic acids is 1. The summed E-state index contributed by atoms with van der Waals surface area (Å²) >= 11 is 12.1. The fourth-order valence-electron chi connectivity index (χ4n) is 3.08. The third-order valence-electron chi connectivity index (χ3n) is 4.83. The van der Waals surface area contributed by atoms with Gasteiger partial charge in [-0.1, -0.05) is 11.6 Å². The van der Waals surface area contributed by atoms with E-state index < -0.39 is 11.6 Å². The fraction of sp³-hybridized carbons (Fsp3) is 0.278. The lowest BCUT2D eigenvalue weighted by Crippen LogP contribution is -2.31. The number of nitrogens with two attached hydrogens (primary N) is 1. The number of fused-ring (bicyclic) bond motifs is 1. The molecule has 28 heavy (non-hydrogen) atoms. The van der Waals surface area contributed by atoms with Crippen LogP contribution >= 0.6 is 50.1 Å². The van der Waals surface area contributed by atoms with Gasteiger partial charge in [0.05, 0.1) is 30.6 Å². The van der Waals surface area contributed by atoms with Crippen LogP contribution < -0.4 is 11.1 Å². The van der Waals surface area contributed by atoms with Gasteiger partial charge >= 0.3 is 0 Å². The first-order valence-electron chi connectivity index (χ1n) is 8.43. The Morgan fingerprint density at radius 2 is 2.18 bits per heavy atom. The minimum absolute atomic E-state index is 0.0248. The van der Waals surface area contributed by atoms with Gasteiger partial charge in [0.2, 0.25) is 0 Å². The van der Waals surface area contributed by atoms with E-state index in [-0.39, 0.29) is 17.3 Å². The summed E-state index contributed by atoms with van der Waals surface area (Å²) < 4.78 is 17.5. The van der Waals surface area contributed by atoms with Crippen molar-refractivity contribution in [1.29, 1.82) is 0 Å². The molecule has 1 saturated carbocycles. The Hall–Kier alpha value is -1.46. The number of aromatic nitrogens is 3. The zero-order valence-electron chi connectivity index (χ0n) is 14.7. The molecule has 0 spiro atoms. The van der Waals surface area contributed by atoms with Gasteiger partial charge in [0.15, 0.2) is 0 Å². The Bertz CT molecular complexity index is 1130. The molecule has 1 aliphatic carbocycles.